The van der Waals surface area contributed by atoms with Gasteiger partial charge in [0.25, 0.3) is 0 Å². The van der Waals surface area contributed by atoms with Crippen LogP contribution in [0.1, 0.15) is 56.0 Å². The number of carbonyl (C=O) groups is 1. The van der Waals surface area contributed by atoms with Gasteiger partial charge in [0, 0.05) is 22.7 Å². The molecule has 0 bridgehead atoms. The maximum atomic E-state index is 11.5. The van der Waals surface area contributed by atoms with Gasteiger partial charge in [-0.15, -0.1) is 0 Å². The third-order valence-corrected chi connectivity index (χ3v) is 4.44. The summed E-state index contributed by atoms with van der Waals surface area (Å²) >= 11 is 0. The Balaban J connectivity index is 2.08. The number of pyridine rings is 1. The lowest BCUT2D eigenvalue weighted by Crippen LogP contribution is -2.14. The number of benzene rings is 1. The van der Waals surface area contributed by atoms with Gasteiger partial charge in [-0.05, 0) is 43.2 Å². The first kappa shape index (κ1) is 14.0. The minimum atomic E-state index is 0.0634. The van der Waals surface area contributed by atoms with E-state index in [0.29, 0.717) is 11.0 Å². The molecule has 0 spiro atoms. The Morgan fingerprint density at radius 3 is 2.76 bits per heavy atom. The zero-order chi connectivity index (χ0) is 15.0. The number of Topliss-reactive ketones (excluding diaryl/α,β-unsaturated/α-hetero) is 1. The Bertz CT molecular complexity index is 740. The monoisotopic (exact) mass is 279 g/mol. The number of aromatic nitrogens is 1. The van der Waals surface area contributed by atoms with Crippen LogP contribution in [0.2, 0.25) is 0 Å². The number of allylic oxidation sites excluding steroid dienone is 2. The lowest BCUT2D eigenvalue weighted by molar-refractivity contribution is 0.101. The number of carbonyl (C=O) groups excluding carboxylic acids is 1. The highest BCUT2D eigenvalue weighted by molar-refractivity contribution is 5.99. The third kappa shape index (κ3) is 2.76. The highest BCUT2D eigenvalue weighted by Gasteiger charge is 2.22. The third-order valence-electron chi connectivity index (χ3n) is 4.44. The molecule has 2 heteroatoms. The van der Waals surface area contributed by atoms with Crippen molar-refractivity contribution in [1.29, 1.82) is 0 Å². The standard InChI is InChI=1S/C19H21NO/c1-13(21)16-11-15-5-4-6-17(18(15)20-12-16)14-7-9-19(2,3)10-8-14/h4-7,11-12H,8-10H2,1-3H3. The van der Waals surface area contributed by atoms with Gasteiger partial charge in [0.2, 0.25) is 0 Å². The van der Waals surface area contributed by atoms with Gasteiger partial charge in [0.1, 0.15) is 0 Å². The van der Waals surface area contributed by atoms with Crippen LogP contribution in [0.5, 0.6) is 0 Å². The smallest absolute Gasteiger partial charge is 0.161 e. The van der Waals surface area contributed by atoms with Gasteiger partial charge in [-0.3, -0.25) is 9.78 Å². The molecule has 21 heavy (non-hydrogen) atoms. The van der Waals surface area contributed by atoms with E-state index < -0.39 is 0 Å². The summed E-state index contributed by atoms with van der Waals surface area (Å²) in [5, 5.41) is 1.05. The number of ketones is 1. The summed E-state index contributed by atoms with van der Waals surface area (Å²) in [6, 6.07) is 8.18. The molecular weight excluding hydrogens is 258 g/mol. The first-order valence-corrected chi connectivity index (χ1v) is 7.55. The van der Waals surface area contributed by atoms with Crippen LogP contribution in [0, 0.1) is 5.41 Å². The summed E-state index contributed by atoms with van der Waals surface area (Å²) in [6.45, 7) is 6.22. The lowest BCUT2D eigenvalue weighted by atomic mass is 9.77. The summed E-state index contributed by atoms with van der Waals surface area (Å²) in [5.41, 5.74) is 4.71. The second-order valence-corrected chi connectivity index (χ2v) is 6.76. The minimum absolute atomic E-state index is 0.0634. The molecule has 108 valence electrons. The molecule has 1 aromatic carbocycles. The van der Waals surface area contributed by atoms with Crippen LogP contribution in [0.25, 0.3) is 16.5 Å². The van der Waals surface area contributed by atoms with E-state index in [1.807, 2.05) is 12.1 Å². The van der Waals surface area contributed by atoms with Crippen LogP contribution in [-0.2, 0) is 0 Å². The zero-order valence-corrected chi connectivity index (χ0v) is 12.9. The van der Waals surface area contributed by atoms with Crippen molar-refractivity contribution in [3.63, 3.8) is 0 Å². The van der Waals surface area contributed by atoms with E-state index in [2.05, 4.69) is 37.0 Å². The second-order valence-electron chi connectivity index (χ2n) is 6.76. The average Bonchev–Trinajstić information content (AvgIpc) is 2.46. The SMILES string of the molecule is CC(=O)c1cnc2c(C3=CCC(C)(C)CC3)cccc2c1. The summed E-state index contributed by atoms with van der Waals surface area (Å²) in [4.78, 5) is 16.0. The van der Waals surface area contributed by atoms with Gasteiger partial charge in [0.15, 0.2) is 5.78 Å². The molecule has 2 nitrogen and oxygen atoms in total. The molecule has 0 fully saturated rings. The van der Waals surface area contributed by atoms with Crippen LogP contribution >= 0.6 is 0 Å². The molecule has 2 aromatic rings. The molecular formula is C19H21NO. The van der Waals surface area contributed by atoms with E-state index in [1.54, 1.807) is 13.1 Å². The molecule has 0 aliphatic heterocycles. The maximum absolute atomic E-state index is 11.5. The molecule has 1 aliphatic carbocycles. The Morgan fingerprint density at radius 2 is 2.10 bits per heavy atom. The molecule has 0 unspecified atom stereocenters. The lowest BCUT2D eigenvalue weighted by Gasteiger charge is -2.29. The largest absolute Gasteiger partial charge is 0.294 e. The minimum Gasteiger partial charge on any atom is -0.294 e. The highest BCUT2D eigenvalue weighted by Crippen LogP contribution is 2.39. The summed E-state index contributed by atoms with van der Waals surface area (Å²) in [7, 11) is 0. The molecule has 1 aliphatic rings. The molecule has 0 N–H and O–H groups in total. The molecule has 3 rings (SSSR count). The van der Waals surface area contributed by atoms with Crippen LogP contribution in [0.3, 0.4) is 0 Å². The second kappa shape index (κ2) is 5.10. The number of hydrogen-bond acceptors (Lipinski definition) is 2. The summed E-state index contributed by atoms with van der Waals surface area (Å²) in [5.74, 6) is 0.0634. The normalized spacial score (nSPS) is 17.6. The fourth-order valence-corrected chi connectivity index (χ4v) is 2.93. The number of hydrogen-bond donors (Lipinski definition) is 0. The van der Waals surface area contributed by atoms with Crippen molar-refractivity contribution in [1.82, 2.24) is 4.98 Å². The van der Waals surface area contributed by atoms with Crippen molar-refractivity contribution < 1.29 is 4.79 Å². The van der Waals surface area contributed by atoms with E-state index in [-0.39, 0.29) is 5.78 Å². The Morgan fingerprint density at radius 1 is 1.29 bits per heavy atom. The van der Waals surface area contributed by atoms with E-state index in [9.17, 15) is 4.79 Å². The molecule has 0 radical (unpaired) electrons. The molecule has 0 saturated carbocycles. The summed E-state index contributed by atoms with van der Waals surface area (Å²) < 4.78 is 0. The topological polar surface area (TPSA) is 30.0 Å². The number of rotatable bonds is 2. The van der Waals surface area contributed by atoms with E-state index in [1.165, 1.54) is 17.6 Å². The average molecular weight is 279 g/mol. The van der Waals surface area contributed by atoms with Gasteiger partial charge < -0.3 is 0 Å². The first-order chi connectivity index (χ1) is 9.96. The highest BCUT2D eigenvalue weighted by atomic mass is 16.1. The van der Waals surface area contributed by atoms with Crippen molar-refractivity contribution in [3.05, 3.63) is 47.7 Å². The predicted octanol–water partition coefficient (Wildman–Crippen LogP) is 5.03. The Labute approximate surface area is 125 Å². The van der Waals surface area contributed by atoms with Crippen LogP contribution in [0.4, 0.5) is 0 Å². The van der Waals surface area contributed by atoms with Crippen LogP contribution in [-0.4, -0.2) is 10.8 Å². The first-order valence-electron chi connectivity index (χ1n) is 7.55. The van der Waals surface area contributed by atoms with Crippen molar-refractivity contribution >= 4 is 22.3 Å². The number of nitrogens with zero attached hydrogens (tertiary/aromatic N) is 1. The quantitative estimate of drug-likeness (QED) is 0.721. The van der Waals surface area contributed by atoms with Crippen molar-refractivity contribution in [2.24, 2.45) is 5.41 Å². The predicted molar refractivity (Wildman–Crippen MR) is 87.4 cm³/mol. The Kier molecular flexibility index (Phi) is 3.40. The van der Waals surface area contributed by atoms with Crippen molar-refractivity contribution in [3.8, 4) is 0 Å². The van der Waals surface area contributed by atoms with Crippen molar-refractivity contribution in [2.45, 2.75) is 40.0 Å². The molecule has 1 aromatic heterocycles. The number of fused-ring (bicyclic) bond motifs is 1. The maximum Gasteiger partial charge on any atom is 0.161 e. The Hall–Kier alpha value is -1.96. The van der Waals surface area contributed by atoms with E-state index in [0.717, 1.165) is 23.7 Å². The van der Waals surface area contributed by atoms with Gasteiger partial charge in [-0.25, -0.2) is 0 Å². The molecule has 0 saturated heterocycles. The van der Waals surface area contributed by atoms with Gasteiger partial charge in [-0.2, -0.15) is 0 Å². The fraction of sp³-hybridized carbons (Fsp3) is 0.368. The van der Waals surface area contributed by atoms with E-state index >= 15 is 0 Å². The number of para-hydroxylation sites is 1. The van der Waals surface area contributed by atoms with Gasteiger partial charge >= 0.3 is 0 Å². The molecule has 0 atom stereocenters. The van der Waals surface area contributed by atoms with Crippen molar-refractivity contribution in [2.75, 3.05) is 0 Å². The summed E-state index contributed by atoms with van der Waals surface area (Å²) in [6.07, 6.45) is 7.48. The van der Waals surface area contributed by atoms with Crippen LogP contribution in [0.15, 0.2) is 36.5 Å². The van der Waals surface area contributed by atoms with Crippen LogP contribution < -0.4 is 0 Å². The van der Waals surface area contributed by atoms with Gasteiger partial charge in [-0.1, -0.05) is 38.1 Å². The fourth-order valence-electron chi connectivity index (χ4n) is 2.93. The zero-order valence-electron chi connectivity index (χ0n) is 12.9. The molecule has 0 amide bonds. The van der Waals surface area contributed by atoms with E-state index in [4.69, 9.17) is 0 Å². The molecule has 1 heterocycles. The van der Waals surface area contributed by atoms with Gasteiger partial charge in [0.05, 0.1) is 5.52 Å².